The van der Waals surface area contributed by atoms with Gasteiger partial charge in [-0.3, -0.25) is 0 Å². The zero-order chi connectivity index (χ0) is 6.15. The lowest BCUT2D eigenvalue weighted by atomic mass is 10.3. The van der Waals surface area contributed by atoms with Gasteiger partial charge in [0, 0.05) is 0 Å². The highest BCUT2D eigenvalue weighted by Crippen LogP contribution is 2.13. The van der Waals surface area contributed by atoms with E-state index in [-0.39, 0.29) is 0 Å². The minimum atomic E-state index is -2.05. The molecule has 0 aromatic heterocycles. The van der Waals surface area contributed by atoms with Gasteiger partial charge in [0.2, 0.25) is 6.17 Å². The Kier molecular flexibility index (Phi) is 1.15. The summed E-state index contributed by atoms with van der Waals surface area (Å²) in [6.07, 6.45) is -3.79. The molecule has 0 aromatic carbocycles. The van der Waals surface area contributed by atoms with Crippen molar-refractivity contribution in [2.75, 3.05) is 6.61 Å². The van der Waals surface area contributed by atoms with Crippen molar-refractivity contribution in [1.82, 2.24) is 0 Å². The fourth-order valence-electron chi connectivity index (χ4n) is 0.473. The first-order valence-electron chi connectivity index (χ1n) is 2.16. The van der Waals surface area contributed by atoms with Crippen LogP contribution >= 0.6 is 0 Å². The van der Waals surface area contributed by atoms with Crippen molar-refractivity contribution in [2.24, 2.45) is 0 Å². The van der Waals surface area contributed by atoms with Crippen LogP contribution in [-0.2, 0) is 9.53 Å². The summed E-state index contributed by atoms with van der Waals surface area (Å²) in [5.74, 6) is -1.09. The van der Waals surface area contributed by atoms with Crippen LogP contribution in [-0.4, -0.2) is 24.9 Å². The summed E-state index contributed by atoms with van der Waals surface area (Å²) in [6, 6.07) is 0. The van der Waals surface area contributed by atoms with Crippen molar-refractivity contribution in [3.8, 4) is 0 Å². The molecule has 0 aliphatic carbocycles. The highest BCUT2D eigenvalue weighted by atomic mass is 19.2. The third-order valence-electron chi connectivity index (χ3n) is 0.928. The van der Waals surface area contributed by atoms with Crippen LogP contribution in [0.2, 0.25) is 0 Å². The molecule has 1 aliphatic rings. The summed E-state index contributed by atoms with van der Waals surface area (Å²) < 4.78 is 27.7. The fourth-order valence-corrected chi connectivity index (χ4v) is 0.473. The molecule has 0 spiro atoms. The molecular formula is C4H4F2O2. The molecule has 8 heavy (non-hydrogen) atoms. The van der Waals surface area contributed by atoms with Crippen LogP contribution in [0.3, 0.4) is 0 Å². The average Bonchev–Trinajstić information content (AvgIpc) is 1.98. The molecule has 1 aliphatic heterocycles. The molecule has 1 heterocycles. The number of carbonyl (C=O) groups excluding carboxylic acids is 1. The molecule has 0 N–H and O–H groups in total. The van der Waals surface area contributed by atoms with Gasteiger partial charge in [-0.1, -0.05) is 0 Å². The first-order chi connectivity index (χ1) is 3.72. The van der Waals surface area contributed by atoms with E-state index in [1.165, 1.54) is 0 Å². The Balaban J connectivity index is 2.56. The Bertz CT molecular complexity index is 115. The predicted molar refractivity (Wildman–Crippen MR) is 20.8 cm³/mol. The Morgan fingerprint density at radius 1 is 1.62 bits per heavy atom. The summed E-state index contributed by atoms with van der Waals surface area (Å²) in [4.78, 5) is 9.95. The van der Waals surface area contributed by atoms with Crippen molar-refractivity contribution in [3.63, 3.8) is 0 Å². The maximum atomic E-state index is 11.9. The van der Waals surface area contributed by atoms with Crippen molar-refractivity contribution in [3.05, 3.63) is 0 Å². The Morgan fingerprint density at radius 2 is 2.25 bits per heavy atom. The van der Waals surface area contributed by atoms with Gasteiger partial charge in [-0.2, -0.15) is 0 Å². The number of halogens is 2. The van der Waals surface area contributed by atoms with Crippen LogP contribution in [0.5, 0.6) is 0 Å². The quantitative estimate of drug-likeness (QED) is 0.429. The smallest absolute Gasteiger partial charge is 0.344 e. The first kappa shape index (κ1) is 5.47. The first-order valence-corrected chi connectivity index (χ1v) is 2.16. The second kappa shape index (κ2) is 1.69. The van der Waals surface area contributed by atoms with Crippen molar-refractivity contribution >= 4 is 5.97 Å². The van der Waals surface area contributed by atoms with Gasteiger partial charge in [0.15, 0.2) is 6.17 Å². The molecular weight excluding hydrogens is 118 g/mol. The molecule has 0 aromatic rings. The normalized spacial score (nSPS) is 37.5. The van der Waals surface area contributed by atoms with Gasteiger partial charge >= 0.3 is 5.97 Å². The number of alkyl halides is 2. The standard InChI is InChI=1S/C4H4F2O2/c5-2-1-8-4(7)3(2)6/h2-3H,1H2. The maximum Gasteiger partial charge on any atom is 0.344 e. The minimum absolute atomic E-state index is 0.431. The predicted octanol–water partition coefficient (Wildman–Crippen LogP) is 0.219. The van der Waals surface area contributed by atoms with E-state index in [4.69, 9.17) is 0 Å². The van der Waals surface area contributed by atoms with Gasteiger partial charge in [0.05, 0.1) is 0 Å². The molecule has 1 rings (SSSR count). The van der Waals surface area contributed by atoms with E-state index in [2.05, 4.69) is 4.74 Å². The molecule has 2 unspecified atom stereocenters. The van der Waals surface area contributed by atoms with Crippen LogP contribution in [0, 0.1) is 0 Å². The second-order valence-corrected chi connectivity index (χ2v) is 1.55. The zero-order valence-corrected chi connectivity index (χ0v) is 3.93. The fraction of sp³-hybridized carbons (Fsp3) is 0.750. The van der Waals surface area contributed by atoms with Gasteiger partial charge < -0.3 is 4.74 Å². The van der Waals surface area contributed by atoms with E-state index in [9.17, 15) is 13.6 Å². The maximum absolute atomic E-state index is 11.9. The highest BCUT2D eigenvalue weighted by Gasteiger charge is 2.37. The largest absolute Gasteiger partial charge is 0.460 e. The number of esters is 1. The second-order valence-electron chi connectivity index (χ2n) is 1.55. The summed E-state index contributed by atoms with van der Waals surface area (Å²) in [5.41, 5.74) is 0. The summed E-state index contributed by atoms with van der Waals surface area (Å²) in [6.45, 7) is -0.431. The van der Waals surface area contributed by atoms with E-state index in [0.29, 0.717) is 0 Å². The number of carbonyl (C=O) groups is 1. The SMILES string of the molecule is O=C1OCC(F)C1F. The van der Waals surface area contributed by atoms with Crippen molar-refractivity contribution in [1.29, 1.82) is 0 Å². The van der Waals surface area contributed by atoms with Crippen molar-refractivity contribution in [2.45, 2.75) is 12.3 Å². The molecule has 1 fully saturated rings. The van der Waals surface area contributed by atoms with E-state index >= 15 is 0 Å². The number of ether oxygens (including phenoxy) is 1. The third kappa shape index (κ3) is 0.657. The molecule has 0 bridgehead atoms. The van der Waals surface area contributed by atoms with Crippen molar-refractivity contribution < 1.29 is 18.3 Å². The Hall–Kier alpha value is -0.670. The highest BCUT2D eigenvalue weighted by molar-refractivity contribution is 5.77. The number of cyclic esters (lactones) is 1. The summed E-state index contributed by atoms with van der Waals surface area (Å²) >= 11 is 0. The Labute approximate surface area is 44.4 Å². The van der Waals surface area contributed by atoms with Crippen LogP contribution in [0.15, 0.2) is 0 Å². The summed E-state index contributed by atoms with van der Waals surface area (Å²) in [5, 5.41) is 0. The molecule has 2 nitrogen and oxygen atoms in total. The van der Waals surface area contributed by atoms with E-state index in [0.717, 1.165) is 0 Å². The number of hydrogen-bond acceptors (Lipinski definition) is 2. The van der Waals surface area contributed by atoms with Gasteiger partial charge in [0.25, 0.3) is 0 Å². The third-order valence-corrected chi connectivity index (χ3v) is 0.928. The zero-order valence-electron chi connectivity index (χ0n) is 3.93. The van der Waals surface area contributed by atoms with Crippen LogP contribution < -0.4 is 0 Å². The van der Waals surface area contributed by atoms with E-state index < -0.39 is 24.9 Å². The molecule has 0 radical (unpaired) electrons. The molecule has 0 amide bonds. The number of hydrogen-bond donors (Lipinski definition) is 0. The summed E-state index contributed by atoms with van der Waals surface area (Å²) in [7, 11) is 0. The molecule has 2 atom stereocenters. The topological polar surface area (TPSA) is 26.3 Å². The van der Waals surface area contributed by atoms with Crippen LogP contribution in [0.4, 0.5) is 8.78 Å². The lowest BCUT2D eigenvalue weighted by molar-refractivity contribution is -0.142. The van der Waals surface area contributed by atoms with E-state index in [1.807, 2.05) is 0 Å². The van der Waals surface area contributed by atoms with Gasteiger partial charge in [-0.25, -0.2) is 13.6 Å². The average molecular weight is 122 g/mol. The van der Waals surface area contributed by atoms with Gasteiger partial charge in [-0.15, -0.1) is 0 Å². The van der Waals surface area contributed by atoms with Crippen LogP contribution in [0.1, 0.15) is 0 Å². The molecule has 4 heteroatoms. The Morgan fingerprint density at radius 3 is 2.38 bits per heavy atom. The van der Waals surface area contributed by atoms with Crippen LogP contribution in [0.25, 0.3) is 0 Å². The van der Waals surface area contributed by atoms with Gasteiger partial charge in [0.1, 0.15) is 6.61 Å². The van der Waals surface area contributed by atoms with E-state index in [1.54, 1.807) is 0 Å². The molecule has 46 valence electrons. The molecule has 0 saturated carbocycles. The monoisotopic (exact) mass is 122 g/mol. The molecule has 1 saturated heterocycles. The number of rotatable bonds is 0. The van der Waals surface area contributed by atoms with Gasteiger partial charge in [-0.05, 0) is 0 Å². The minimum Gasteiger partial charge on any atom is -0.460 e. The lowest BCUT2D eigenvalue weighted by Crippen LogP contribution is -2.16. The lowest BCUT2D eigenvalue weighted by Gasteiger charge is -1.90.